The number of aromatic nitrogens is 2. The highest BCUT2D eigenvalue weighted by atomic mass is 32.2. The van der Waals surface area contributed by atoms with Crippen molar-refractivity contribution in [2.75, 3.05) is 11.1 Å². The number of anilines is 1. The van der Waals surface area contributed by atoms with Gasteiger partial charge in [0.15, 0.2) is 0 Å². The number of amides is 2. The first-order chi connectivity index (χ1) is 12.0. The molecule has 0 atom stereocenters. The summed E-state index contributed by atoms with van der Waals surface area (Å²) in [4.78, 5) is 32.1. The van der Waals surface area contributed by atoms with Gasteiger partial charge in [0.25, 0.3) is 5.56 Å². The predicted molar refractivity (Wildman–Crippen MR) is 99.9 cm³/mol. The maximum Gasteiger partial charge on any atom is 0.322 e. The van der Waals surface area contributed by atoms with Crippen LogP contribution in [0.5, 0.6) is 0 Å². The van der Waals surface area contributed by atoms with Gasteiger partial charge in [-0.25, -0.2) is 9.78 Å². The Bertz CT molecular complexity index is 863. The second-order valence-corrected chi connectivity index (χ2v) is 7.22. The third-order valence-corrected chi connectivity index (χ3v) is 5.54. The minimum atomic E-state index is -0.206. The number of carbonyl (C=O) groups excluding carboxylic acids is 1. The van der Waals surface area contributed by atoms with E-state index in [2.05, 4.69) is 17.2 Å². The van der Waals surface area contributed by atoms with Gasteiger partial charge in [-0.2, -0.15) is 0 Å². The molecule has 2 amide bonds. The molecule has 1 aromatic carbocycles. The van der Waals surface area contributed by atoms with E-state index in [0.717, 1.165) is 22.8 Å². The summed E-state index contributed by atoms with van der Waals surface area (Å²) >= 11 is 1.73. The zero-order chi connectivity index (χ0) is 18.0. The smallest absolute Gasteiger partial charge is 0.314 e. The van der Waals surface area contributed by atoms with Gasteiger partial charge in [-0.15, -0.1) is 11.8 Å². The van der Waals surface area contributed by atoms with Crippen molar-refractivity contribution in [2.45, 2.75) is 38.3 Å². The number of para-hydroxylation sites is 1. The van der Waals surface area contributed by atoms with E-state index in [1.807, 2.05) is 24.3 Å². The van der Waals surface area contributed by atoms with E-state index >= 15 is 0 Å². The molecule has 0 aliphatic carbocycles. The molecule has 3 rings (SSSR count). The van der Waals surface area contributed by atoms with Gasteiger partial charge in [-0.05, 0) is 31.2 Å². The number of nitrogens with zero attached hydrogens (tertiary/aromatic N) is 3. The highest BCUT2D eigenvalue weighted by molar-refractivity contribution is 7.99. The number of hydrogen-bond donors (Lipinski definition) is 1. The molecule has 0 unspecified atom stereocenters. The van der Waals surface area contributed by atoms with Crippen molar-refractivity contribution >= 4 is 23.5 Å². The van der Waals surface area contributed by atoms with Crippen LogP contribution < -0.4 is 10.9 Å². The summed E-state index contributed by atoms with van der Waals surface area (Å²) in [5.74, 6) is 1.66. The molecule has 0 bridgehead atoms. The van der Waals surface area contributed by atoms with Crippen molar-refractivity contribution in [2.24, 2.45) is 7.05 Å². The van der Waals surface area contributed by atoms with Crippen LogP contribution in [0.4, 0.5) is 10.5 Å². The molecular weight excluding hydrogens is 336 g/mol. The Morgan fingerprint density at radius 1 is 1.32 bits per heavy atom. The molecule has 132 valence electrons. The number of fused-ring (bicyclic) bond motifs is 1. The second-order valence-electron chi connectivity index (χ2n) is 6.08. The van der Waals surface area contributed by atoms with E-state index in [9.17, 15) is 9.59 Å². The van der Waals surface area contributed by atoms with Crippen LogP contribution in [0.25, 0.3) is 0 Å². The van der Waals surface area contributed by atoms with Crippen LogP contribution in [-0.2, 0) is 20.1 Å². The number of thioether (sulfide) groups is 1. The Hall–Kier alpha value is -2.28. The first-order valence-electron chi connectivity index (χ1n) is 8.34. The van der Waals surface area contributed by atoms with Gasteiger partial charge < -0.3 is 10.2 Å². The standard InChI is InChI=1S/C18H22N4O2S/c1-4-9-25-16-8-6-5-7-14(16)20-18(24)22-10-13-15(11-22)19-12(2)21(3)17(13)23/h5-8H,4,9-11H2,1-3H3,(H,20,24). The SMILES string of the molecule is CCCSc1ccccc1NC(=O)N1Cc2nc(C)n(C)c(=O)c2C1. The first kappa shape index (κ1) is 17.5. The normalized spacial score (nSPS) is 13.0. The topological polar surface area (TPSA) is 67.2 Å². The van der Waals surface area contributed by atoms with E-state index < -0.39 is 0 Å². The number of hydrogen-bond acceptors (Lipinski definition) is 4. The predicted octanol–water partition coefficient (Wildman–Crippen LogP) is 3.14. The third kappa shape index (κ3) is 3.56. The summed E-state index contributed by atoms with van der Waals surface area (Å²) in [5.41, 5.74) is 2.04. The number of carbonyl (C=O) groups is 1. The molecule has 0 saturated carbocycles. The summed E-state index contributed by atoms with van der Waals surface area (Å²) in [7, 11) is 1.70. The molecule has 6 nitrogen and oxygen atoms in total. The number of rotatable bonds is 4. The number of aryl methyl sites for hydroxylation is 1. The van der Waals surface area contributed by atoms with Crippen molar-refractivity contribution in [1.29, 1.82) is 0 Å². The lowest BCUT2D eigenvalue weighted by Gasteiger charge is -2.17. The monoisotopic (exact) mass is 358 g/mol. The average Bonchev–Trinajstić information content (AvgIpc) is 3.03. The van der Waals surface area contributed by atoms with Gasteiger partial charge in [-0.1, -0.05) is 19.1 Å². The maximum atomic E-state index is 12.7. The Morgan fingerprint density at radius 2 is 2.08 bits per heavy atom. The third-order valence-electron chi connectivity index (χ3n) is 4.26. The molecule has 0 saturated heterocycles. The van der Waals surface area contributed by atoms with Gasteiger partial charge in [0, 0.05) is 11.9 Å². The molecule has 0 spiro atoms. The first-order valence-corrected chi connectivity index (χ1v) is 9.33. The zero-order valence-corrected chi connectivity index (χ0v) is 15.5. The van der Waals surface area contributed by atoms with Gasteiger partial charge in [0.1, 0.15) is 5.82 Å². The fourth-order valence-electron chi connectivity index (χ4n) is 2.77. The Balaban J connectivity index is 1.76. The minimum Gasteiger partial charge on any atom is -0.314 e. The molecule has 2 aromatic rings. The lowest BCUT2D eigenvalue weighted by Crippen LogP contribution is -2.31. The number of nitrogens with one attached hydrogen (secondary N) is 1. The molecular formula is C18H22N4O2S. The van der Waals surface area contributed by atoms with E-state index in [1.54, 1.807) is 30.6 Å². The van der Waals surface area contributed by atoms with Gasteiger partial charge >= 0.3 is 6.03 Å². The van der Waals surface area contributed by atoms with E-state index in [-0.39, 0.29) is 11.6 Å². The molecule has 1 aliphatic rings. The van der Waals surface area contributed by atoms with Gasteiger partial charge in [0.05, 0.1) is 30.0 Å². The molecule has 0 radical (unpaired) electrons. The quantitative estimate of drug-likeness (QED) is 0.853. The van der Waals surface area contributed by atoms with Crippen LogP contribution in [-0.4, -0.2) is 26.2 Å². The van der Waals surface area contributed by atoms with Crippen LogP contribution >= 0.6 is 11.8 Å². The zero-order valence-electron chi connectivity index (χ0n) is 14.7. The van der Waals surface area contributed by atoms with Gasteiger partial charge in [0.2, 0.25) is 0 Å². The van der Waals surface area contributed by atoms with Crippen molar-refractivity contribution in [1.82, 2.24) is 14.5 Å². The van der Waals surface area contributed by atoms with E-state index in [0.29, 0.717) is 30.2 Å². The fourth-order valence-corrected chi connectivity index (χ4v) is 3.65. The van der Waals surface area contributed by atoms with E-state index in [1.165, 1.54) is 4.57 Å². The van der Waals surface area contributed by atoms with Crippen molar-refractivity contribution in [3.63, 3.8) is 0 Å². The lowest BCUT2D eigenvalue weighted by atomic mass is 10.2. The Morgan fingerprint density at radius 3 is 2.84 bits per heavy atom. The summed E-state index contributed by atoms with van der Waals surface area (Å²) < 4.78 is 1.52. The summed E-state index contributed by atoms with van der Waals surface area (Å²) in [6.45, 7) is 4.59. The van der Waals surface area contributed by atoms with Gasteiger partial charge in [-0.3, -0.25) is 9.36 Å². The Labute approximate surface area is 151 Å². The van der Waals surface area contributed by atoms with E-state index in [4.69, 9.17) is 0 Å². The molecule has 1 aromatic heterocycles. The lowest BCUT2D eigenvalue weighted by molar-refractivity contribution is 0.212. The fraction of sp³-hybridized carbons (Fsp3) is 0.389. The minimum absolute atomic E-state index is 0.0725. The molecule has 7 heteroatoms. The molecule has 1 N–H and O–H groups in total. The van der Waals surface area contributed by atoms with Crippen LogP contribution in [0.2, 0.25) is 0 Å². The molecule has 0 fully saturated rings. The summed E-state index contributed by atoms with van der Waals surface area (Å²) in [6.07, 6.45) is 1.07. The highest BCUT2D eigenvalue weighted by Gasteiger charge is 2.28. The van der Waals surface area contributed by atoms with Crippen molar-refractivity contribution in [3.8, 4) is 0 Å². The van der Waals surface area contributed by atoms with Crippen LogP contribution in [0, 0.1) is 6.92 Å². The second kappa shape index (κ2) is 7.31. The van der Waals surface area contributed by atoms with Crippen molar-refractivity contribution < 1.29 is 4.79 Å². The highest BCUT2D eigenvalue weighted by Crippen LogP contribution is 2.28. The largest absolute Gasteiger partial charge is 0.322 e. The van der Waals surface area contributed by atoms with Crippen LogP contribution in [0.3, 0.4) is 0 Å². The maximum absolute atomic E-state index is 12.7. The summed E-state index contributed by atoms with van der Waals surface area (Å²) in [6, 6.07) is 7.58. The van der Waals surface area contributed by atoms with Crippen molar-refractivity contribution in [3.05, 3.63) is 51.7 Å². The Kier molecular flexibility index (Phi) is 5.13. The number of urea groups is 1. The molecule has 2 heterocycles. The number of benzene rings is 1. The summed E-state index contributed by atoms with van der Waals surface area (Å²) in [5, 5.41) is 2.97. The van der Waals surface area contributed by atoms with Crippen LogP contribution in [0.1, 0.15) is 30.4 Å². The van der Waals surface area contributed by atoms with Crippen LogP contribution in [0.15, 0.2) is 34.0 Å². The average molecular weight is 358 g/mol. The molecule has 25 heavy (non-hydrogen) atoms. The molecule has 1 aliphatic heterocycles.